The molecule has 8 rings (SSSR count). The Morgan fingerprint density at radius 3 is 2.30 bits per heavy atom. The SMILES string of the molecule is C=CC(=O)Nc1cc(Nc2cc(N3OCCC3c3cccc(Oc4cccc(F)c4)c3)ncn2)c(OC)cc1N1CCC(N2CCN(C3CC3)CC2)CC1. The van der Waals surface area contributed by atoms with E-state index in [0.29, 0.717) is 52.9 Å². The minimum absolute atomic E-state index is 0.144. The molecule has 0 radical (unpaired) electrons. The summed E-state index contributed by atoms with van der Waals surface area (Å²) in [5.74, 6) is 2.07. The summed E-state index contributed by atoms with van der Waals surface area (Å²) in [4.78, 5) is 35.5. The van der Waals surface area contributed by atoms with Crippen LogP contribution < -0.4 is 30.1 Å². The van der Waals surface area contributed by atoms with Gasteiger partial charge in [0.1, 0.15) is 35.2 Å². The number of amides is 1. The predicted octanol–water partition coefficient (Wildman–Crippen LogP) is 6.92. The summed E-state index contributed by atoms with van der Waals surface area (Å²) < 4.78 is 25.6. The standard InChI is InChI=1S/C41H47FN8O4/c1-3-41(51)46-34-24-35(38(52-2)25-37(34)49-15-12-31(13-16-49)48-19-17-47(18-20-48)30-10-11-30)45-39-26-40(44-27-43-39)50-36(14-21-53-50)28-6-4-8-32(22-28)54-33-9-5-7-29(42)23-33/h3-9,22-27,30-31,36H,1,10-21H2,2H3,(H,46,51)(H,43,44,45). The van der Waals surface area contributed by atoms with E-state index in [1.165, 1.54) is 50.5 Å². The second-order valence-corrected chi connectivity index (χ2v) is 14.3. The fraction of sp³-hybridized carbons (Fsp3) is 0.390. The highest BCUT2D eigenvalue weighted by Crippen LogP contribution is 2.41. The minimum Gasteiger partial charge on any atom is -0.494 e. The Morgan fingerprint density at radius 1 is 0.870 bits per heavy atom. The van der Waals surface area contributed by atoms with Gasteiger partial charge >= 0.3 is 0 Å². The Hall–Kier alpha value is -5.24. The van der Waals surface area contributed by atoms with Crippen LogP contribution in [0.5, 0.6) is 17.2 Å². The van der Waals surface area contributed by atoms with Gasteiger partial charge in [0.2, 0.25) is 5.91 Å². The summed E-state index contributed by atoms with van der Waals surface area (Å²) in [6.45, 7) is 10.6. The van der Waals surface area contributed by atoms with Crippen LogP contribution in [-0.4, -0.2) is 90.7 Å². The molecule has 3 aromatic carbocycles. The summed E-state index contributed by atoms with van der Waals surface area (Å²) in [5.41, 5.74) is 3.17. The lowest BCUT2D eigenvalue weighted by Gasteiger charge is -2.43. The number of piperazine rings is 1. The zero-order valence-corrected chi connectivity index (χ0v) is 30.6. The molecule has 0 spiro atoms. The van der Waals surface area contributed by atoms with Crippen LogP contribution in [0.3, 0.4) is 0 Å². The van der Waals surface area contributed by atoms with Gasteiger partial charge in [-0.25, -0.2) is 19.4 Å². The van der Waals surface area contributed by atoms with E-state index in [2.05, 4.69) is 41.9 Å². The van der Waals surface area contributed by atoms with Gasteiger partial charge in [0.15, 0.2) is 5.82 Å². The summed E-state index contributed by atoms with van der Waals surface area (Å²) in [5, 5.41) is 8.21. The Bertz CT molecular complexity index is 1960. The van der Waals surface area contributed by atoms with Crippen molar-refractivity contribution in [2.75, 3.05) is 73.6 Å². The molecule has 1 amide bonds. The largest absolute Gasteiger partial charge is 0.494 e. The molecule has 1 saturated carbocycles. The predicted molar refractivity (Wildman–Crippen MR) is 207 cm³/mol. The maximum absolute atomic E-state index is 13.8. The molecule has 1 aliphatic carbocycles. The Labute approximate surface area is 315 Å². The fourth-order valence-corrected chi connectivity index (χ4v) is 7.88. The van der Waals surface area contributed by atoms with Crippen LogP contribution in [-0.2, 0) is 9.63 Å². The first-order chi connectivity index (χ1) is 26.4. The van der Waals surface area contributed by atoms with Crippen LogP contribution in [0.25, 0.3) is 0 Å². The number of benzene rings is 3. The summed E-state index contributed by atoms with van der Waals surface area (Å²) in [6.07, 6.45) is 8.35. The van der Waals surface area contributed by atoms with Crippen LogP contribution in [0.15, 0.2) is 85.7 Å². The molecule has 0 bridgehead atoms. The highest BCUT2D eigenvalue weighted by molar-refractivity contribution is 6.02. The van der Waals surface area contributed by atoms with Gasteiger partial charge in [-0.05, 0) is 67.7 Å². The van der Waals surface area contributed by atoms with Crippen molar-refractivity contribution in [1.82, 2.24) is 19.8 Å². The molecule has 282 valence electrons. The van der Waals surface area contributed by atoms with Crippen LogP contribution in [0.4, 0.5) is 33.1 Å². The molecule has 12 nitrogen and oxygen atoms in total. The number of hydrogen-bond acceptors (Lipinski definition) is 11. The van der Waals surface area contributed by atoms with E-state index in [1.807, 2.05) is 42.5 Å². The van der Waals surface area contributed by atoms with Crippen molar-refractivity contribution in [3.63, 3.8) is 0 Å². The van der Waals surface area contributed by atoms with E-state index in [9.17, 15) is 9.18 Å². The van der Waals surface area contributed by atoms with Crippen molar-refractivity contribution in [2.45, 2.75) is 50.2 Å². The lowest BCUT2D eigenvalue weighted by molar-refractivity contribution is -0.111. The third-order valence-electron chi connectivity index (χ3n) is 10.8. The van der Waals surface area contributed by atoms with E-state index in [1.54, 1.807) is 24.3 Å². The van der Waals surface area contributed by atoms with E-state index in [4.69, 9.17) is 14.3 Å². The van der Waals surface area contributed by atoms with Crippen LogP contribution in [0, 0.1) is 5.82 Å². The zero-order valence-electron chi connectivity index (χ0n) is 30.6. The molecule has 1 unspecified atom stereocenters. The number of aromatic nitrogens is 2. The molecule has 2 N–H and O–H groups in total. The normalized spacial score (nSPS) is 19.8. The van der Waals surface area contributed by atoms with E-state index in [-0.39, 0.29) is 17.8 Å². The first-order valence-electron chi connectivity index (χ1n) is 18.9. The van der Waals surface area contributed by atoms with Crippen LogP contribution >= 0.6 is 0 Å². The van der Waals surface area contributed by atoms with Crippen molar-refractivity contribution in [3.05, 3.63) is 97.1 Å². The minimum atomic E-state index is -0.359. The number of rotatable bonds is 12. The zero-order chi connectivity index (χ0) is 37.0. The van der Waals surface area contributed by atoms with Crippen molar-refractivity contribution in [3.8, 4) is 17.2 Å². The van der Waals surface area contributed by atoms with Crippen LogP contribution in [0.1, 0.15) is 43.7 Å². The second kappa shape index (κ2) is 16.0. The number of nitrogens with zero attached hydrogens (tertiary/aromatic N) is 6. The average Bonchev–Trinajstić information content (AvgIpc) is 3.94. The van der Waals surface area contributed by atoms with E-state index < -0.39 is 0 Å². The molecule has 1 aromatic heterocycles. The first-order valence-corrected chi connectivity index (χ1v) is 18.9. The van der Waals surface area contributed by atoms with Crippen molar-refractivity contribution in [1.29, 1.82) is 0 Å². The summed E-state index contributed by atoms with van der Waals surface area (Å²) in [6, 6.07) is 20.7. The summed E-state index contributed by atoms with van der Waals surface area (Å²) in [7, 11) is 1.64. The van der Waals surface area contributed by atoms with Gasteiger partial charge in [0, 0.05) is 76.0 Å². The molecule has 1 atom stereocenters. The number of carbonyl (C=O) groups is 1. The fourth-order valence-electron chi connectivity index (χ4n) is 7.88. The first kappa shape index (κ1) is 35.8. The van der Waals surface area contributed by atoms with Crippen LogP contribution in [0.2, 0.25) is 0 Å². The van der Waals surface area contributed by atoms with Gasteiger partial charge in [0.05, 0.1) is 36.8 Å². The number of hydroxylamine groups is 1. The molecular weight excluding hydrogens is 688 g/mol. The molecule has 4 aromatic rings. The van der Waals surface area contributed by atoms with Crippen molar-refractivity contribution >= 4 is 34.6 Å². The van der Waals surface area contributed by atoms with Gasteiger partial charge < -0.3 is 25.0 Å². The number of nitrogens with one attached hydrogen (secondary N) is 2. The topological polar surface area (TPSA) is 108 Å². The van der Waals surface area contributed by atoms with Gasteiger partial charge in [-0.1, -0.05) is 24.8 Å². The Morgan fingerprint density at radius 2 is 1.59 bits per heavy atom. The molecule has 3 aliphatic heterocycles. The number of hydrogen-bond donors (Lipinski definition) is 2. The maximum Gasteiger partial charge on any atom is 0.247 e. The molecule has 4 heterocycles. The van der Waals surface area contributed by atoms with Crippen molar-refractivity contribution < 1.29 is 23.5 Å². The summed E-state index contributed by atoms with van der Waals surface area (Å²) >= 11 is 0. The lowest BCUT2D eigenvalue weighted by atomic mass is 10.0. The van der Waals surface area contributed by atoms with E-state index >= 15 is 0 Å². The second-order valence-electron chi connectivity index (χ2n) is 14.3. The number of halogens is 1. The number of ether oxygens (including phenoxy) is 2. The smallest absolute Gasteiger partial charge is 0.247 e. The highest BCUT2D eigenvalue weighted by Gasteiger charge is 2.34. The average molecular weight is 735 g/mol. The van der Waals surface area contributed by atoms with E-state index in [0.717, 1.165) is 62.7 Å². The highest BCUT2D eigenvalue weighted by atomic mass is 19.1. The quantitative estimate of drug-likeness (QED) is 0.148. The Balaban J connectivity index is 0.978. The third-order valence-corrected chi connectivity index (χ3v) is 10.8. The van der Waals surface area contributed by atoms with Crippen molar-refractivity contribution in [2.24, 2.45) is 0 Å². The molecular formula is C41H47FN8O4. The van der Waals surface area contributed by atoms with Gasteiger partial charge in [-0.2, -0.15) is 0 Å². The van der Waals surface area contributed by atoms with Gasteiger partial charge in [-0.3, -0.25) is 19.4 Å². The van der Waals surface area contributed by atoms with Gasteiger partial charge in [-0.15, -0.1) is 0 Å². The molecule has 13 heteroatoms. The third kappa shape index (κ3) is 8.13. The molecule has 4 aliphatic rings. The number of anilines is 5. The molecule has 4 fully saturated rings. The Kier molecular flexibility index (Phi) is 10.6. The van der Waals surface area contributed by atoms with Gasteiger partial charge in [0.25, 0.3) is 0 Å². The molecule has 3 saturated heterocycles. The number of carbonyl (C=O) groups excluding carboxylic acids is 1. The molecule has 54 heavy (non-hydrogen) atoms. The monoisotopic (exact) mass is 734 g/mol. The number of piperidine rings is 1. The number of methoxy groups -OCH3 is 1. The lowest BCUT2D eigenvalue weighted by Crippen LogP contribution is -2.53. The maximum atomic E-state index is 13.8.